The fourth-order valence-electron chi connectivity index (χ4n) is 4.08. The van der Waals surface area contributed by atoms with Crippen LogP contribution in [0, 0.1) is 0 Å². The number of fused-ring (bicyclic) bond motifs is 3. The number of carbonyl (C=O) groups is 3. The van der Waals surface area contributed by atoms with Gasteiger partial charge in [0.1, 0.15) is 6.04 Å². The second kappa shape index (κ2) is 9.79. The summed E-state index contributed by atoms with van der Waals surface area (Å²) < 4.78 is 5.30. The molecule has 1 aliphatic heterocycles. The standard InChI is InChI=1S/C27H27N3O4/c1-17(19-11-5-4-6-12-19)28-27(33)34-18(2)25(31)29-24-22-15-8-7-13-20(22)21-14-9-10-16-23(21)30(3)26(24)32/h4-18,24H,1-3H3,(H,28,33)(H,29,31)/t17?,18-,24?/m0/s1. The number of hydrogen-bond donors (Lipinski definition) is 2. The molecule has 7 nitrogen and oxygen atoms in total. The van der Waals surface area contributed by atoms with Crippen LogP contribution in [0.1, 0.15) is 37.1 Å². The van der Waals surface area contributed by atoms with E-state index >= 15 is 0 Å². The average molecular weight is 458 g/mol. The fourth-order valence-corrected chi connectivity index (χ4v) is 4.08. The first kappa shape index (κ1) is 23.0. The maximum atomic E-state index is 13.3. The number of carbonyl (C=O) groups excluding carboxylic acids is 3. The van der Waals surface area contributed by atoms with Crippen molar-refractivity contribution < 1.29 is 19.1 Å². The topological polar surface area (TPSA) is 87.7 Å². The molecule has 3 atom stereocenters. The third-order valence-electron chi connectivity index (χ3n) is 5.98. The lowest BCUT2D eigenvalue weighted by atomic mass is 9.95. The normalized spacial score (nSPS) is 16.4. The highest BCUT2D eigenvalue weighted by atomic mass is 16.6. The molecule has 0 radical (unpaired) electrons. The van der Waals surface area contributed by atoms with Crippen LogP contribution in [0.2, 0.25) is 0 Å². The van der Waals surface area contributed by atoms with Crippen LogP contribution in [0.25, 0.3) is 11.1 Å². The van der Waals surface area contributed by atoms with Crippen molar-refractivity contribution in [3.05, 3.63) is 90.0 Å². The van der Waals surface area contributed by atoms with Gasteiger partial charge >= 0.3 is 6.09 Å². The molecule has 0 saturated heterocycles. The van der Waals surface area contributed by atoms with Gasteiger partial charge in [-0.25, -0.2) is 4.79 Å². The first-order valence-corrected chi connectivity index (χ1v) is 11.1. The van der Waals surface area contributed by atoms with Crippen molar-refractivity contribution in [1.82, 2.24) is 10.6 Å². The predicted molar refractivity (Wildman–Crippen MR) is 130 cm³/mol. The van der Waals surface area contributed by atoms with Crippen LogP contribution in [0.4, 0.5) is 10.5 Å². The summed E-state index contributed by atoms with van der Waals surface area (Å²) in [5.74, 6) is -0.838. The lowest BCUT2D eigenvalue weighted by Crippen LogP contribution is -2.45. The summed E-state index contributed by atoms with van der Waals surface area (Å²) in [5, 5.41) is 5.51. The lowest BCUT2D eigenvalue weighted by molar-refractivity contribution is -0.132. The van der Waals surface area contributed by atoms with Crippen LogP contribution in [0.3, 0.4) is 0 Å². The highest BCUT2D eigenvalue weighted by Gasteiger charge is 2.34. The van der Waals surface area contributed by atoms with Crippen molar-refractivity contribution in [2.45, 2.75) is 32.0 Å². The van der Waals surface area contributed by atoms with Gasteiger partial charge in [0.05, 0.1) is 11.7 Å². The second-order valence-corrected chi connectivity index (χ2v) is 8.27. The van der Waals surface area contributed by atoms with Gasteiger partial charge in [-0.2, -0.15) is 0 Å². The van der Waals surface area contributed by atoms with Crippen molar-refractivity contribution in [2.24, 2.45) is 0 Å². The Labute approximate surface area is 198 Å². The number of hydrogen-bond acceptors (Lipinski definition) is 4. The van der Waals surface area contributed by atoms with Crippen LogP contribution >= 0.6 is 0 Å². The Morgan fingerprint density at radius 3 is 2.24 bits per heavy atom. The molecular weight excluding hydrogens is 430 g/mol. The monoisotopic (exact) mass is 457 g/mol. The van der Waals surface area contributed by atoms with E-state index in [-0.39, 0.29) is 11.9 Å². The molecule has 1 heterocycles. The number of likely N-dealkylation sites (N-methyl/N-ethyl adjacent to an activating group) is 1. The van der Waals surface area contributed by atoms with Crippen molar-refractivity contribution >= 4 is 23.6 Å². The number of ether oxygens (including phenoxy) is 1. The number of alkyl carbamates (subject to hydrolysis) is 1. The predicted octanol–water partition coefficient (Wildman–Crippen LogP) is 4.36. The Kier molecular flexibility index (Phi) is 6.63. The number of amides is 3. The first-order valence-electron chi connectivity index (χ1n) is 11.1. The van der Waals surface area contributed by atoms with Crippen LogP contribution in [-0.4, -0.2) is 31.1 Å². The van der Waals surface area contributed by atoms with Crippen LogP contribution in [0.15, 0.2) is 78.9 Å². The number of nitrogens with zero attached hydrogens (tertiary/aromatic N) is 1. The molecule has 0 saturated carbocycles. The van der Waals surface area contributed by atoms with E-state index in [1.807, 2.05) is 85.8 Å². The summed E-state index contributed by atoms with van der Waals surface area (Å²) in [7, 11) is 1.69. The highest BCUT2D eigenvalue weighted by Crippen LogP contribution is 2.39. The maximum Gasteiger partial charge on any atom is 0.408 e. The molecule has 2 unspecified atom stereocenters. The van der Waals surface area contributed by atoms with Crippen molar-refractivity contribution in [1.29, 1.82) is 0 Å². The van der Waals surface area contributed by atoms with Gasteiger partial charge in [-0.1, -0.05) is 72.8 Å². The Balaban J connectivity index is 1.49. The molecule has 0 fully saturated rings. The summed E-state index contributed by atoms with van der Waals surface area (Å²) in [5.41, 5.74) is 4.13. The molecule has 0 aliphatic carbocycles. The minimum absolute atomic E-state index is 0.278. The zero-order chi connectivity index (χ0) is 24.2. The molecule has 2 N–H and O–H groups in total. The Morgan fingerprint density at radius 2 is 1.50 bits per heavy atom. The minimum atomic E-state index is -1.10. The largest absolute Gasteiger partial charge is 0.436 e. The molecule has 1 aliphatic rings. The molecule has 3 aromatic rings. The van der Waals surface area contributed by atoms with E-state index < -0.39 is 24.1 Å². The molecule has 3 amide bonds. The van der Waals surface area contributed by atoms with Crippen LogP contribution in [0.5, 0.6) is 0 Å². The van der Waals surface area contributed by atoms with E-state index in [4.69, 9.17) is 4.74 Å². The Bertz CT molecular complexity index is 1210. The summed E-state index contributed by atoms with van der Waals surface area (Å²) in [4.78, 5) is 40.2. The molecule has 0 aromatic heterocycles. The van der Waals surface area contributed by atoms with Gasteiger partial charge in [-0.05, 0) is 36.6 Å². The smallest absolute Gasteiger partial charge is 0.408 e. The zero-order valence-corrected chi connectivity index (χ0v) is 19.3. The zero-order valence-electron chi connectivity index (χ0n) is 19.3. The van der Waals surface area contributed by atoms with Gasteiger partial charge in [-0.3, -0.25) is 9.59 Å². The summed E-state index contributed by atoms with van der Waals surface area (Å²) >= 11 is 0. The van der Waals surface area contributed by atoms with Gasteiger partial charge < -0.3 is 20.3 Å². The molecule has 174 valence electrons. The Hall–Kier alpha value is -4.13. The quantitative estimate of drug-likeness (QED) is 0.596. The van der Waals surface area contributed by atoms with E-state index in [0.717, 1.165) is 22.4 Å². The highest BCUT2D eigenvalue weighted by molar-refractivity contribution is 6.06. The molecule has 0 bridgehead atoms. The minimum Gasteiger partial charge on any atom is -0.436 e. The number of anilines is 1. The lowest BCUT2D eigenvalue weighted by Gasteiger charge is -2.24. The molecule has 34 heavy (non-hydrogen) atoms. The van der Waals surface area contributed by atoms with Crippen LogP contribution < -0.4 is 15.5 Å². The summed E-state index contributed by atoms with van der Waals surface area (Å²) in [6.07, 6.45) is -1.81. The van der Waals surface area contributed by atoms with Gasteiger partial charge in [0.2, 0.25) is 0 Å². The third-order valence-corrected chi connectivity index (χ3v) is 5.98. The molecule has 4 rings (SSSR count). The van der Waals surface area contributed by atoms with E-state index in [1.54, 1.807) is 11.9 Å². The average Bonchev–Trinajstić information content (AvgIpc) is 2.94. The van der Waals surface area contributed by atoms with Gasteiger partial charge in [0.25, 0.3) is 11.8 Å². The number of benzene rings is 3. The number of rotatable bonds is 5. The van der Waals surface area contributed by atoms with Crippen molar-refractivity contribution in [2.75, 3.05) is 11.9 Å². The number of para-hydroxylation sites is 1. The van der Waals surface area contributed by atoms with E-state index in [0.29, 0.717) is 5.56 Å². The molecule has 7 heteroatoms. The van der Waals surface area contributed by atoms with E-state index in [1.165, 1.54) is 6.92 Å². The SMILES string of the molecule is CC(NC(=O)O[C@@H](C)C(=O)NC1C(=O)N(C)c2ccccc2-c2ccccc21)c1ccccc1. The van der Waals surface area contributed by atoms with E-state index in [2.05, 4.69) is 10.6 Å². The van der Waals surface area contributed by atoms with Crippen molar-refractivity contribution in [3.8, 4) is 11.1 Å². The molecular formula is C27H27N3O4. The number of nitrogens with one attached hydrogen (secondary N) is 2. The van der Waals surface area contributed by atoms with Gasteiger partial charge in [0.15, 0.2) is 6.10 Å². The maximum absolute atomic E-state index is 13.3. The Morgan fingerprint density at radius 1 is 0.882 bits per heavy atom. The first-order chi connectivity index (χ1) is 16.4. The second-order valence-electron chi connectivity index (χ2n) is 8.27. The van der Waals surface area contributed by atoms with Crippen LogP contribution in [-0.2, 0) is 14.3 Å². The van der Waals surface area contributed by atoms with Gasteiger partial charge in [-0.15, -0.1) is 0 Å². The van der Waals surface area contributed by atoms with E-state index in [9.17, 15) is 14.4 Å². The fraction of sp³-hybridized carbons (Fsp3) is 0.222. The summed E-state index contributed by atoms with van der Waals surface area (Å²) in [6.45, 7) is 3.31. The molecule has 3 aromatic carbocycles. The third kappa shape index (κ3) is 4.64. The van der Waals surface area contributed by atoms with Gasteiger partial charge in [0, 0.05) is 12.6 Å². The summed E-state index contributed by atoms with van der Waals surface area (Å²) in [6, 6.07) is 23.3. The molecule has 0 spiro atoms. The van der Waals surface area contributed by atoms with Crippen molar-refractivity contribution in [3.63, 3.8) is 0 Å².